The maximum atomic E-state index is 11.2. The van der Waals surface area contributed by atoms with Crippen LogP contribution in [0.1, 0.15) is 16.2 Å². The third kappa shape index (κ3) is 1.64. The fourth-order valence-corrected chi connectivity index (χ4v) is 1.13. The molecule has 15 heavy (non-hydrogen) atoms. The molecular formula is C8H9N5O2. The van der Waals surface area contributed by atoms with Crippen LogP contribution in [0.4, 0.5) is 0 Å². The predicted octanol–water partition coefficient (Wildman–Crippen LogP) is -0.630. The summed E-state index contributed by atoms with van der Waals surface area (Å²) in [5.41, 5.74) is 5.70. The number of nitrogens with two attached hydrogens (primary N) is 1. The number of fused-ring (bicyclic) bond motifs is 1. The summed E-state index contributed by atoms with van der Waals surface area (Å²) in [4.78, 5) is 19.2. The van der Waals surface area contributed by atoms with Gasteiger partial charge in [0.1, 0.15) is 0 Å². The zero-order valence-electron chi connectivity index (χ0n) is 8.04. The van der Waals surface area contributed by atoms with E-state index in [0.29, 0.717) is 17.2 Å². The summed E-state index contributed by atoms with van der Waals surface area (Å²) in [6.07, 6.45) is 2.89. The van der Waals surface area contributed by atoms with Crippen molar-refractivity contribution < 1.29 is 9.53 Å². The molecule has 0 saturated carbocycles. The molecule has 2 N–H and O–H groups in total. The molecule has 7 heteroatoms. The third-order valence-corrected chi connectivity index (χ3v) is 1.84. The van der Waals surface area contributed by atoms with E-state index in [1.54, 1.807) is 0 Å². The standard InChI is InChI=1S/C8H9N5O2/c1-15-7(14)5-3-10-8-11-6(2-9)12-13(8)4-5/h3-4H,2,9H2,1H3. The Morgan fingerprint density at radius 1 is 1.67 bits per heavy atom. The molecule has 7 nitrogen and oxygen atoms in total. The highest BCUT2D eigenvalue weighted by Gasteiger charge is 2.09. The van der Waals surface area contributed by atoms with E-state index < -0.39 is 5.97 Å². The van der Waals surface area contributed by atoms with E-state index in [1.165, 1.54) is 24.0 Å². The summed E-state index contributed by atoms with van der Waals surface area (Å²) < 4.78 is 5.95. The minimum Gasteiger partial charge on any atom is -0.465 e. The fourth-order valence-electron chi connectivity index (χ4n) is 1.13. The number of carbonyl (C=O) groups excluding carboxylic acids is 1. The average Bonchev–Trinajstić information content (AvgIpc) is 2.69. The molecule has 0 aliphatic heterocycles. The minimum absolute atomic E-state index is 0.233. The Balaban J connectivity index is 2.50. The first-order valence-electron chi connectivity index (χ1n) is 4.24. The van der Waals surface area contributed by atoms with Crippen LogP contribution in [0.2, 0.25) is 0 Å². The number of nitrogens with zero attached hydrogens (tertiary/aromatic N) is 4. The van der Waals surface area contributed by atoms with Crippen LogP contribution in [-0.2, 0) is 11.3 Å². The van der Waals surface area contributed by atoms with Crippen molar-refractivity contribution in [1.29, 1.82) is 0 Å². The van der Waals surface area contributed by atoms with Gasteiger partial charge in [-0.2, -0.15) is 4.98 Å². The topological polar surface area (TPSA) is 95.4 Å². The van der Waals surface area contributed by atoms with Crippen LogP contribution >= 0.6 is 0 Å². The molecule has 0 bridgehead atoms. The Labute approximate surface area is 84.9 Å². The van der Waals surface area contributed by atoms with Gasteiger partial charge >= 0.3 is 5.97 Å². The van der Waals surface area contributed by atoms with Gasteiger partial charge in [-0.05, 0) is 0 Å². The van der Waals surface area contributed by atoms with Gasteiger partial charge in [-0.3, -0.25) is 0 Å². The average molecular weight is 207 g/mol. The third-order valence-electron chi connectivity index (χ3n) is 1.84. The number of ether oxygens (including phenoxy) is 1. The van der Waals surface area contributed by atoms with Crippen molar-refractivity contribution in [3.05, 3.63) is 23.8 Å². The molecule has 2 aromatic rings. The second-order valence-electron chi connectivity index (χ2n) is 2.81. The van der Waals surface area contributed by atoms with E-state index in [1.807, 2.05) is 0 Å². The lowest BCUT2D eigenvalue weighted by Gasteiger charge is -1.97. The van der Waals surface area contributed by atoms with Crippen molar-refractivity contribution in [2.75, 3.05) is 7.11 Å². The van der Waals surface area contributed by atoms with Gasteiger partial charge in [-0.1, -0.05) is 0 Å². The van der Waals surface area contributed by atoms with Crippen molar-refractivity contribution in [3.63, 3.8) is 0 Å². The maximum Gasteiger partial charge on any atom is 0.341 e. The number of hydrogen-bond donors (Lipinski definition) is 1. The van der Waals surface area contributed by atoms with Crippen LogP contribution in [0.3, 0.4) is 0 Å². The molecule has 78 valence electrons. The van der Waals surface area contributed by atoms with E-state index in [4.69, 9.17) is 5.73 Å². The normalized spacial score (nSPS) is 10.5. The highest BCUT2D eigenvalue weighted by atomic mass is 16.5. The molecule has 0 amide bonds. The molecule has 0 spiro atoms. The molecule has 0 aliphatic rings. The quantitative estimate of drug-likeness (QED) is 0.658. The molecule has 0 unspecified atom stereocenters. The van der Waals surface area contributed by atoms with Crippen LogP contribution in [0, 0.1) is 0 Å². The first-order valence-corrected chi connectivity index (χ1v) is 4.24. The molecule has 2 rings (SSSR count). The number of hydrogen-bond acceptors (Lipinski definition) is 6. The largest absolute Gasteiger partial charge is 0.465 e. The zero-order valence-corrected chi connectivity index (χ0v) is 8.04. The molecule has 0 aromatic carbocycles. The SMILES string of the molecule is COC(=O)c1cnc2nc(CN)nn2c1. The smallest absolute Gasteiger partial charge is 0.341 e. The fraction of sp³-hybridized carbons (Fsp3) is 0.250. The van der Waals surface area contributed by atoms with E-state index in [9.17, 15) is 4.79 Å². The van der Waals surface area contributed by atoms with Gasteiger partial charge in [0.05, 0.1) is 19.2 Å². The summed E-state index contributed by atoms with van der Waals surface area (Å²) in [6.45, 7) is 0.233. The Bertz CT molecular complexity index is 507. The molecule has 0 saturated heterocycles. The van der Waals surface area contributed by atoms with Crippen molar-refractivity contribution in [2.45, 2.75) is 6.54 Å². The number of methoxy groups -OCH3 is 1. The Hall–Kier alpha value is -2.02. The van der Waals surface area contributed by atoms with Gasteiger partial charge < -0.3 is 10.5 Å². The zero-order chi connectivity index (χ0) is 10.8. The van der Waals surface area contributed by atoms with Crippen LogP contribution < -0.4 is 5.73 Å². The van der Waals surface area contributed by atoms with Crippen LogP contribution in [0.25, 0.3) is 5.78 Å². The highest BCUT2D eigenvalue weighted by Crippen LogP contribution is 2.02. The van der Waals surface area contributed by atoms with Crippen molar-refractivity contribution in [1.82, 2.24) is 19.6 Å². The molecule has 2 aromatic heterocycles. The predicted molar refractivity (Wildman–Crippen MR) is 50.0 cm³/mol. The molecule has 0 radical (unpaired) electrons. The molecular weight excluding hydrogens is 198 g/mol. The van der Waals surface area contributed by atoms with Gasteiger partial charge in [-0.25, -0.2) is 14.3 Å². The Morgan fingerprint density at radius 3 is 3.13 bits per heavy atom. The van der Waals surface area contributed by atoms with Crippen LogP contribution in [0.15, 0.2) is 12.4 Å². The molecule has 0 aliphatic carbocycles. The Kier molecular flexibility index (Phi) is 2.30. The summed E-state index contributed by atoms with van der Waals surface area (Å²) in [7, 11) is 1.30. The lowest BCUT2D eigenvalue weighted by Crippen LogP contribution is -2.04. The lowest BCUT2D eigenvalue weighted by molar-refractivity contribution is 0.0599. The number of aromatic nitrogens is 4. The lowest BCUT2D eigenvalue weighted by atomic mass is 10.3. The molecule has 0 fully saturated rings. The number of carbonyl (C=O) groups is 1. The van der Waals surface area contributed by atoms with Gasteiger partial charge in [-0.15, -0.1) is 5.10 Å². The number of rotatable bonds is 2. The van der Waals surface area contributed by atoms with Gasteiger partial charge in [0.2, 0.25) is 0 Å². The molecule has 0 atom stereocenters. The highest BCUT2D eigenvalue weighted by molar-refractivity contribution is 5.88. The summed E-state index contributed by atoms with van der Waals surface area (Å²) in [5, 5.41) is 4.02. The summed E-state index contributed by atoms with van der Waals surface area (Å²) in [5.74, 6) is 0.418. The first-order chi connectivity index (χ1) is 7.24. The monoisotopic (exact) mass is 207 g/mol. The van der Waals surface area contributed by atoms with E-state index in [-0.39, 0.29) is 6.54 Å². The Morgan fingerprint density at radius 2 is 2.47 bits per heavy atom. The maximum absolute atomic E-state index is 11.2. The van der Waals surface area contributed by atoms with Crippen molar-refractivity contribution in [2.24, 2.45) is 5.73 Å². The molecule has 2 heterocycles. The first kappa shape index (κ1) is 9.53. The van der Waals surface area contributed by atoms with Crippen molar-refractivity contribution in [3.8, 4) is 0 Å². The van der Waals surface area contributed by atoms with E-state index in [0.717, 1.165) is 0 Å². The minimum atomic E-state index is -0.464. The van der Waals surface area contributed by atoms with Crippen LogP contribution in [0.5, 0.6) is 0 Å². The van der Waals surface area contributed by atoms with Crippen LogP contribution in [-0.4, -0.2) is 32.7 Å². The van der Waals surface area contributed by atoms with Crippen molar-refractivity contribution >= 4 is 11.7 Å². The summed E-state index contributed by atoms with van der Waals surface area (Å²) >= 11 is 0. The second kappa shape index (κ2) is 3.62. The van der Waals surface area contributed by atoms with Gasteiger partial charge in [0, 0.05) is 12.4 Å². The van der Waals surface area contributed by atoms with E-state index >= 15 is 0 Å². The second-order valence-corrected chi connectivity index (χ2v) is 2.81. The van der Waals surface area contributed by atoms with Gasteiger partial charge in [0.15, 0.2) is 5.82 Å². The summed E-state index contributed by atoms with van der Waals surface area (Å²) in [6, 6.07) is 0. The number of esters is 1. The van der Waals surface area contributed by atoms with Gasteiger partial charge in [0.25, 0.3) is 5.78 Å². The van der Waals surface area contributed by atoms with E-state index in [2.05, 4.69) is 19.8 Å².